The van der Waals surface area contributed by atoms with Gasteiger partial charge in [-0.15, -0.1) is 0 Å². The smallest absolute Gasteiger partial charge is 0.407 e. The molecule has 0 radical (unpaired) electrons. The first-order valence-corrected chi connectivity index (χ1v) is 9.24. The van der Waals surface area contributed by atoms with Crippen molar-refractivity contribution in [3.63, 3.8) is 0 Å². The van der Waals surface area contributed by atoms with E-state index >= 15 is 0 Å². The average molecular weight is 374 g/mol. The number of pyridine rings is 1. The molecule has 0 aliphatic rings. The molecule has 148 valence electrons. The molecule has 0 aliphatic heterocycles. The number of carbonyl (C=O) groups is 1. The second kappa shape index (κ2) is 12.5. The van der Waals surface area contributed by atoms with E-state index in [9.17, 15) is 4.79 Å². The van der Waals surface area contributed by atoms with Crippen LogP contribution in [0.15, 0.2) is 29.5 Å². The molecule has 1 aromatic rings. The van der Waals surface area contributed by atoms with Crippen LogP contribution in [0.5, 0.6) is 0 Å². The highest BCUT2D eigenvalue weighted by atomic mass is 16.6. The fourth-order valence-electron chi connectivity index (χ4n) is 2.20. The number of nitrogens with zero attached hydrogens (tertiary/aromatic N) is 3. The van der Waals surface area contributed by atoms with Gasteiger partial charge in [0.2, 0.25) is 5.96 Å². The number of nitrogens with one attached hydrogen (secondary N) is 3. The number of amides is 1. The van der Waals surface area contributed by atoms with Gasteiger partial charge in [0.25, 0.3) is 0 Å². The number of hydrogen-bond donors (Lipinski definition) is 3. The second-order valence-corrected chi connectivity index (χ2v) is 7.02. The molecule has 0 fully saturated rings. The third-order valence-electron chi connectivity index (χ3n) is 3.39. The number of anilines is 1. The molecule has 0 saturated carbocycles. The van der Waals surface area contributed by atoms with Crippen molar-refractivity contribution in [1.82, 2.24) is 15.6 Å². The summed E-state index contributed by atoms with van der Waals surface area (Å²) in [5.74, 6) is 0.435. The maximum absolute atomic E-state index is 11.5. The summed E-state index contributed by atoms with van der Waals surface area (Å²) in [4.78, 5) is 19.8. The molecule has 27 heavy (non-hydrogen) atoms. The van der Waals surface area contributed by atoms with Gasteiger partial charge in [-0.2, -0.15) is 5.26 Å². The molecule has 0 aliphatic carbocycles. The highest BCUT2D eigenvalue weighted by molar-refractivity contribution is 5.94. The van der Waals surface area contributed by atoms with Crippen LogP contribution in [0.3, 0.4) is 0 Å². The van der Waals surface area contributed by atoms with Gasteiger partial charge in [0.1, 0.15) is 5.60 Å². The minimum absolute atomic E-state index is 0.365. The molecule has 0 atom stereocenters. The highest BCUT2D eigenvalue weighted by Gasteiger charge is 2.15. The van der Waals surface area contributed by atoms with Gasteiger partial charge in [-0.1, -0.05) is 19.3 Å². The highest BCUT2D eigenvalue weighted by Crippen LogP contribution is 2.07. The van der Waals surface area contributed by atoms with E-state index in [0.717, 1.165) is 37.8 Å². The Labute approximate surface area is 161 Å². The van der Waals surface area contributed by atoms with Crippen LogP contribution >= 0.6 is 0 Å². The summed E-state index contributed by atoms with van der Waals surface area (Å²) in [5.41, 5.74) is 0.361. The Bertz CT molecular complexity index is 619. The molecule has 1 heterocycles. The summed E-state index contributed by atoms with van der Waals surface area (Å²) in [5, 5.41) is 17.2. The Kier molecular flexibility index (Phi) is 10.3. The monoisotopic (exact) mass is 374 g/mol. The van der Waals surface area contributed by atoms with Crippen LogP contribution in [-0.4, -0.2) is 35.7 Å². The Morgan fingerprint density at radius 3 is 2.52 bits per heavy atom. The van der Waals surface area contributed by atoms with Crippen LogP contribution in [-0.2, 0) is 4.74 Å². The van der Waals surface area contributed by atoms with Crippen molar-refractivity contribution in [2.75, 3.05) is 18.4 Å². The van der Waals surface area contributed by atoms with Gasteiger partial charge in [0.15, 0.2) is 6.19 Å². The summed E-state index contributed by atoms with van der Waals surface area (Å²) >= 11 is 0. The quantitative estimate of drug-likeness (QED) is 0.201. The molecule has 1 aromatic heterocycles. The Morgan fingerprint density at radius 1 is 1.19 bits per heavy atom. The van der Waals surface area contributed by atoms with Gasteiger partial charge in [-0.25, -0.2) is 4.79 Å². The molecular weight excluding hydrogens is 344 g/mol. The number of alkyl carbamates (subject to hydrolysis) is 1. The minimum Gasteiger partial charge on any atom is -0.444 e. The lowest BCUT2D eigenvalue weighted by atomic mass is 10.1. The number of unbranched alkanes of at least 4 members (excludes halogenated alkanes) is 4. The van der Waals surface area contributed by atoms with E-state index < -0.39 is 5.60 Å². The number of aromatic nitrogens is 1. The Morgan fingerprint density at radius 2 is 1.85 bits per heavy atom. The zero-order valence-corrected chi connectivity index (χ0v) is 16.4. The fraction of sp³-hybridized carbons (Fsp3) is 0.579. The minimum atomic E-state index is -0.462. The van der Waals surface area contributed by atoms with Crippen LogP contribution in [0.4, 0.5) is 10.5 Å². The lowest BCUT2D eigenvalue weighted by Gasteiger charge is -2.19. The van der Waals surface area contributed by atoms with E-state index in [4.69, 9.17) is 10.00 Å². The van der Waals surface area contributed by atoms with Crippen LogP contribution in [0.2, 0.25) is 0 Å². The first-order valence-electron chi connectivity index (χ1n) is 9.24. The van der Waals surface area contributed by atoms with Crippen molar-refractivity contribution in [3.05, 3.63) is 24.5 Å². The fourth-order valence-corrected chi connectivity index (χ4v) is 2.20. The van der Waals surface area contributed by atoms with Crippen molar-refractivity contribution in [3.8, 4) is 6.19 Å². The molecular formula is C19H30N6O2. The summed E-state index contributed by atoms with van der Waals surface area (Å²) in [7, 11) is 0. The summed E-state index contributed by atoms with van der Waals surface area (Å²) in [6, 6.07) is 3.61. The number of aliphatic imine (C=N–C) groups is 1. The van der Waals surface area contributed by atoms with Crippen molar-refractivity contribution in [2.45, 2.75) is 58.5 Å². The summed E-state index contributed by atoms with van der Waals surface area (Å²) in [6.07, 6.45) is 9.88. The number of guanidine groups is 1. The third-order valence-corrected chi connectivity index (χ3v) is 3.39. The molecule has 0 aromatic carbocycles. The first-order chi connectivity index (χ1) is 12.9. The molecule has 0 unspecified atom stereocenters. The van der Waals surface area contributed by atoms with Crippen LogP contribution < -0.4 is 16.0 Å². The van der Waals surface area contributed by atoms with Gasteiger partial charge in [-0.3, -0.25) is 15.3 Å². The largest absolute Gasteiger partial charge is 0.444 e. The van der Waals surface area contributed by atoms with Crippen LogP contribution in [0, 0.1) is 11.5 Å². The van der Waals surface area contributed by atoms with E-state index in [1.807, 2.05) is 27.0 Å². The maximum atomic E-state index is 11.5. The van der Waals surface area contributed by atoms with Gasteiger partial charge in [0.05, 0.1) is 0 Å². The van der Waals surface area contributed by atoms with Gasteiger partial charge >= 0.3 is 6.09 Å². The lowest BCUT2D eigenvalue weighted by molar-refractivity contribution is 0.0527. The first kappa shape index (κ1) is 22.2. The van der Waals surface area contributed by atoms with Gasteiger partial charge in [0, 0.05) is 31.2 Å². The average Bonchev–Trinajstić information content (AvgIpc) is 2.59. The molecule has 0 bridgehead atoms. The summed E-state index contributed by atoms with van der Waals surface area (Å²) in [6.45, 7) is 6.80. The zero-order chi connectivity index (χ0) is 20.0. The molecule has 8 nitrogen and oxygen atoms in total. The topological polar surface area (TPSA) is 111 Å². The zero-order valence-electron chi connectivity index (χ0n) is 16.4. The van der Waals surface area contributed by atoms with Crippen LogP contribution in [0.1, 0.15) is 52.9 Å². The van der Waals surface area contributed by atoms with Crippen molar-refractivity contribution >= 4 is 17.7 Å². The molecule has 1 rings (SSSR count). The number of ether oxygens (including phenoxy) is 1. The number of nitriles is 1. The van der Waals surface area contributed by atoms with Crippen molar-refractivity contribution < 1.29 is 9.53 Å². The number of carbonyl (C=O) groups excluding carboxylic acids is 1. The van der Waals surface area contributed by atoms with E-state index in [2.05, 4.69) is 25.9 Å². The predicted octanol–water partition coefficient (Wildman–Crippen LogP) is 3.40. The number of rotatable bonds is 9. The predicted molar refractivity (Wildman–Crippen MR) is 106 cm³/mol. The maximum Gasteiger partial charge on any atom is 0.407 e. The van der Waals surface area contributed by atoms with E-state index in [1.54, 1.807) is 24.5 Å². The molecule has 1 amide bonds. The Hall–Kier alpha value is -2.82. The number of hydrogen-bond acceptors (Lipinski definition) is 5. The van der Waals surface area contributed by atoms with Gasteiger partial charge in [-0.05, 0) is 45.7 Å². The third kappa shape index (κ3) is 12.2. The lowest BCUT2D eigenvalue weighted by Crippen LogP contribution is -2.32. The van der Waals surface area contributed by atoms with Crippen molar-refractivity contribution in [1.29, 1.82) is 5.26 Å². The van der Waals surface area contributed by atoms with E-state index in [1.165, 1.54) is 0 Å². The SMILES string of the molecule is CC(C)(C)OC(=O)NCCCCCCCN=C(NC#N)Nc1ccncc1. The Balaban J connectivity index is 2.11. The molecule has 0 spiro atoms. The van der Waals surface area contributed by atoms with E-state index in [0.29, 0.717) is 19.0 Å². The van der Waals surface area contributed by atoms with Crippen molar-refractivity contribution in [2.24, 2.45) is 4.99 Å². The standard InChI is InChI=1S/C19H30N6O2/c1-19(2,3)27-18(26)23-12-8-6-4-5-7-11-22-17(24-15-20)25-16-9-13-21-14-10-16/h9-10,13-14H,4-8,11-12H2,1-3H3,(H,23,26)(H2,21,22,24,25). The molecule has 0 saturated heterocycles. The molecule has 3 N–H and O–H groups in total. The summed E-state index contributed by atoms with van der Waals surface area (Å²) < 4.78 is 5.18. The van der Waals surface area contributed by atoms with Gasteiger partial charge < -0.3 is 15.4 Å². The second-order valence-electron chi connectivity index (χ2n) is 7.02. The van der Waals surface area contributed by atoms with Crippen LogP contribution in [0.25, 0.3) is 0 Å². The normalized spacial score (nSPS) is 11.4. The van der Waals surface area contributed by atoms with E-state index in [-0.39, 0.29) is 6.09 Å². The molecule has 8 heteroatoms.